The summed E-state index contributed by atoms with van der Waals surface area (Å²) in [6.07, 6.45) is 5.76. The molecule has 0 spiro atoms. The van der Waals surface area contributed by atoms with Gasteiger partial charge in [0.15, 0.2) is 5.78 Å². The van der Waals surface area contributed by atoms with E-state index in [1.54, 1.807) is 38.8 Å². The second kappa shape index (κ2) is 7.71. The molecule has 1 amide bonds. The molecule has 2 atom stereocenters. The predicted octanol–water partition coefficient (Wildman–Crippen LogP) is 3.10. The van der Waals surface area contributed by atoms with Crippen molar-refractivity contribution in [3.8, 4) is 0 Å². The first-order chi connectivity index (χ1) is 14.0. The summed E-state index contributed by atoms with van der Waals surface area (Å²) in [6.45, 7) is 0. The summed E-state index contributed by atoms with van der Waals surface area (Å²) in [6, 6.07) is 10.2. The summed E-state index contributed by atoms with van der Waals surface area (Å²) < 4.78 is 3.33. The summed E-state index contributed by atoms with van der Waals surface area (Å²) in [4.78, 5) is 43.5. The van der Waals surface area contributed by atoms with E-state index in [1.807, 2.05) is 34.6 Å². The highest BCUT2D eigenvalue weighted by atomic mass is 32.2. The highest BCUT2D eigenvalue weighted by molar-refractivity contribution is 8.01. The van der Waals surface area contributed by atoms with Crippen molar-refractivity contribution in [2.24, 2.45) is 5.92 Å². The number of ketones is 1. The van der Waals surface area contributed by atoms with Crippen molar-refractivity contribution >= 4 is 46.6 Å². The quantitative estimate of drug-likeness (QED) is 0.375. The lowest BCUT2D eigenvalue weighted by Gasteiger charge is -2.22. The third-order valence-electron chi connectivity index (χ3n) is 5.02. The number of fused-ring (bicyclic) bond motifs is 1. The minimum Gasteiger partial charge on any atom is -0.330 e. The van der Waals surface area contributed by atoms with E-state index < -0.39 is 12.0 Å². The average Bonchev–Trinajstić information content (AvgIpc) is 3.35. The van der Waals surface area contributed by atoms with Gasteiger partial charge in [-0.2, -0.15) is 0 Å². The Balaban J connectivity index is 1.72. The number of benzene rings is 1. The fraction of sp³-hybridized carbons (Fsp3) is 0.238. The van der Waals surface area contributed by atoms with E-state index in [2.05, 4.69) is 4.98 Å². The minimum atomic E-state index is -0.594. The average molecular weight is 408 g/mol. The lowest BCUT2D eigenvalue weighted by Crippen LogP contribution is -2.35. The van der Waals surface area contributed by atoms with Crippen LogP contribution in [0.15, 0.2) is 55.0 Å². The highest BCUT2D eigenvalue weighted by Gasteiger charge is 2.41. The molecule has 3 aromatic rings. The number of pyridine rings is 1. The van der Waals surface area contributed by atoms with Crippen LogP contribution in [0.3, 0.4) is 0 Å². The lowest BCUT2D eigenvalue weighted by atomic mass is 9.92. The van der Waals surface area contributed by atoms with Crippen LogP contribution >= 0.6 is 11.9 Å². The van der Waals surface area contributed by atoms with Gasteiger partial charge in [-0.1, -0.05) is 18.2 Å². The van der Waals surface area contributed by atoms with Gasteiger partial charge >= 0.3 is 6.03 Å². The Morgan fingerprint density at radius 2 is 2.00 bits per heavy atom. The first-order valence-corrected chi connectivity index (χ1v) is 10.1. The van der Waals surface area contributed by atoms with E-state index in [0.717, 1.165) is 12.0 Å². The number of amides is 1. The maximum absolute atomic E-state index is 13.5. The van der Waals surface area contributed by atoms with Crippen molar-refractivity contribution in [2.75, 3.05) is 24.2 Å². The van der Waals surface area contributed by atoms with E-state index in [-0.39, 0.29) is 11.8 Å². The molecule has 148 valence electrons. The topological polar surface area (TPSA) is 75.5 Å². The van der Waals surface area contributed by atoms with Gasteiger partial charge in [0.2, 0.25) is 0 Å². The van der Waals surface area contributed by atoms with Gasteiger partial charge < -0.3 is 14.0 Å². The van der Waals surface area contributed by atoms with Crippen LogP contribution in [0.2, 0.25) is 0 Å². The molecule has 1 aliphatic rings. The molecule has 0 saturated carbocycles. The number of aromatic nitrogens is 2. The molecule has 0 N–H and O–H groups in total. The van der Waals surface area contributed by atoms with Gasteiger partial charge in [-0.05, 0) is 30.1 Å². The zero-order chi connectivity index (χ0) is 20.5. The maximum Gasteiger partial charge on any atom is 0.328 e. The molecule has 7 nitrogen and oxygen atoms in total. The Kier molecular flexibility index (Phi) is 5.10. The summed E-state index contributed by atoms with van der Waals surface area (Å²) in [5.74, 6) is -0.160. The van der Waals surface area contributed by atoms with Gasteiger partial charge in [-0.25, -0.2) is 4.79 Å². The molecular weight excluding hydrogens is 388 g/mol. The lowest BCUT2D eigenvalue weighted by molar-refractivity contribution is -0.109. The monoisotopic (exact) mass is 408 g/mol. The largest absolute Gasteiger partial charge is 0.330 e. The molecule has 0 aliphatic carbocycles. The van der Waals surface area contributed by atoms with Crippen LogP contribution in [0.1, 0.15) is 10.4 Å². The first kappa shape index (κ1) is 19.2. The van der Waals surface area contributed by atoms with Crippen LogP contribution in [0.4, 0.5) is 10.5 Å². The van der Waals surface area contributed by atoms with E-state index in [1.165, 1.54) is 21.4 Å². The second-order valence-corrected chi connectivity index (χ2v) is 8.02. The molecule has 0 unspecified atom stereocenters. The molecule has 1 saturated heterocycles. The highest BCUT2D eigenvalue weighted by Crippen LogP contribution is 2.38. The molecular formula is C21H20N4O3S. The molecule has 3 heterocycles. The Labute approximate surface area is 172 Å². The fourth-order valence-corrected chi connectivity index (χ4v) is 4.87. The first-order valence-electron chi connectivity index (χ1n) is 9.16. The smallest absolute Gasteiger partial charge is 0.328 e. The maximum atomic E-state index is 13.5. The molecule has 0 bridgehead atoms. The summed E-state index contributed by atoms with van der Waals surface area (Å²) >= 11 is 1.44. The summed E-state index contributed by atoms with van der Waals surface area (Å²) in [5, 5.41) is 0.710. The third-order valence-corrected chi connectivity index (χ3v) is 6.26. The van der Waals surface area contributed by atoms with Crippen LogP contribution in [-0.4, -0.2) is 58.4 Å². The van der Waals surface area contributed by atoms with Crippen LogP contribution in [0.5, 0.6) is 0 Å². The minimum absolute atomic E-state index is 0.137. The Bertz CT molecular complexity index is 1080. The van der Waals surface area contributed by atoms with Crippen molar-refractivity contribution in [3.05, 3.63) is 60.6 Å². The van der Waals surface area contributed by atoms with Gasteiger partial charge in [-0.15, -0.1) is 0 Å². The standard InChI is InChI=1S/C21H20N4O3S/c1-23(2)21(28)24-11-16(15-7-3-4-8-18(15)24)20(27)17-13-29-25(19(17)12-26)14-6-5-9-22-10-14/h3-12,17,19H,13H2,1-2H3/t17-,19-/m1/s1. The van der Waals surface area contributed by atoms with Crippen LogP contribution in [0, 0.1) is 5.92 Å². The van der Waals surface area contributed by atoms with Gasteiger partial charge in [0.25, 0.3) is 0 Å². The molecule has 0 radical (unpaired) electrons. The summed E-state index contributed by atoms with van der Waals surface area (Å²) in [5.41, 5.74) is 1.92. The SMILES string of the molecule is CN(C)C(=O)n1cc(C(=O)[C@@H]2CSN(c3cccnc3)[C@@H]2C=O)c2ccccc21. The Morgan fingerprint density at radius 1 is 1.21 bits per heavy atom. The zero-order valence-corrected chi connectivity index (χ0v) is 16.9. The number of hydrogen-bond donors (Lipinski definition) is 0. The third kappa shape index (κ3) is 3.29. The number of Topliss-reactive ketones (excluding diaryl/α,β-unsaturated/α-hetero) is 1. The number of rotatable bonds is 4. The van der Waals surface area contributed by atoms with Gasteiger partial charge in [0.05, 0.1) is 23.3 Å². The van der Waals surface area contributed by atoms with Gasteiger partial charge in [0, 0.05) is 43.2 Å². The number of carbonyl (C=O) groups is 3. The van der Waals surface area contributed by atoms with Crippen LogP contribution < -0.4 is 4.31 Å². The van der Waals surface area contributed by atoms with Crippen molar-refractivity contribution in [1.29, 1.82) is 0 Å². The van der Waals surface area contributed by atoms with E-state index in [0.29, 0.717) is 22.2 Å². The van der Waals surface area contributed by atoms with E-state index in [4.69, 9.17) is 0 Å². The molecule has 1 aliphatic heterocycles. The predicted molar refractivity (Wildman–Crippen MR) is 113 cm³/mol. The molecule has 8 heteroatoms. The molecule has 1 fully saturated rings. The number of nitrogens with zero attached hydrogens (tertiary/aromatic N) is 4. The Morgan fingerprint density at radius 3 is 2.69 bits per heavy atom. The Hall–Kier alpha value is -3.13. The number of aldehydes is 1. The molecule has 2 aromatic heterocycles. The number of para-hydroxylation sites is 1. The number of anilines is 1. The van der Waals surface area contributed by atoms with E-state index >= 15 is 0 Å². The second-order valence-electron chi connectivity index (χ2n) is 7.04. The zero-order valence-electron chi connectivity index (χ0n) is 16.1. The molecule has 29 heavy (non-hydrogen) atoms. The molecule has 1 aromatic carbocycles. The van der Waals surface area contributed by atoms with Gasteiger partial charge in [0.1, 0.15) is 12.3 Å². The number of carbonyl (C=O) groups excluding carboxylic acids is 3. The summed E-state index contributed by atoms with van der Waals surface area (Å²) in [7, 11) is 3.33. The normalized spacial score (nSPS) is 18.8. The number of hydrogen-bond acceptors (Lipinski definition) is 6. The fourth-order valence-electron chi connectivity index (χ4n) is 3.57. The van der Waals surface area contributed by atoms with Crippen molar-refractivity contribution in [1.82, 2.24) is 14.5 Å². The van der Waals surface area contributed by atoms with E-state index in [9.17, 15) is 14.4 Å². The van der Waals surface area contributed by atoms with Crippen LogP contribution in [-0.2, 0) is 4.79 Å². The van der Waals surface area contributed by atoms with Crippen molar-refractivity contribution < 1.29 is 14.4 Å². The van der Waals surface area contributed by atoms with Crippen molar-refractivity contribution in [3.63, 3.8) is 0 Å². The molecule has 4 rings (SSSR count). The van der Waals surface area contributed by atoms with Crippen LogP contribution in [0.25, 0.3) is 10.9 Å². The van der Waals surface area contributed by atoms with Crippen molar-refractivity contribution in [2.45, 2.75) is 6.04 Å². The van der Waals surface area contributed by atoms with Gasteiger partial charge in [-0.3, -0.25) is 14.3 Å².